The summed E-state index contributed by atoms with van der Waals surface area (Å²) in [7, 11) is 0. The number of hydrogen-bond donors (Lipinski definition) is 1. The quantitative estimate of drug-likeness (QED) is 0.284. The highest BCUT2D eigenvalue weighted by molar-refractivity contribution is 7.97. The molecule has 0 aromatic heterocycles. The van der Waals surface area contributed by atoms with Crippen LogP contribution in [-0.2, 0) is 20.8 Å². The third-order valence-electron chi connectivity index (χ3n) is 5.53. The van der Waals surface area contributed by atoms with Crippen LogP contribution in [0.2, 0.25) is 0 Å². The first kappa shape index (κ1) is 33.1. The van der Waals surface area contributed by atoms with Crippen LogP contribution in [0.4, 0.5) is 19.7 Å². The van der Waals surface area contributed by atoms with Gasteiger partial charge >= 0.3 is 12.2 Å². The maximum atomic E-state index is 15.2. The summed E-state index contributed by atoms with van der Waals surface area (Å²) < 4.78 is 29.4. The van der Waals surface area contributed by atoms with Gasteiger partial charge in [0.05, 0.1) is 6.54 Å². The zero-order chi connectivity index (χ0) is 30.0. The SMILES string of the molecule is CCCN(C(=O)OC(C)CN(C(C)=O)C(=O)OC(C)(C)C)c1ccc(-c2ccc(CNSC(C)C)cc2)c(F)c1. The van der Waals surface area contributed by atoms with Gasteiger partial charge in [0.15, 0.2) is 0 Å². The molecule has 10 heteroatoms. The van der Waals surface area contributed by atoms with E-state index in [9.17, 15) is 14.4 Å². The molecule has 2 rings (SSSR count). The fraction of sp³-hybridized carbons (Fsp3) is 0.500. The molecule has 1 N–H and O–H groups in total. The fourth-order valence-electron chi connectivity index (χ4n) is 3.73. The summed E-state index contributed by atoms with van der Waals surface area (Å²) in [6.07, 6.45) is -1.73. The third-order valence-corrected chi connectivity index (χ3v) is 6.31. The van der Waals surface area contributed by atoms with E-state index in [2.05, 4.69) is 18.6 Å². The molecule has 1 atom stereocenters. The Balaban J connectivity index is 2.13. The summed E-state index contributed by atoms with van der Waals surface area (Å²) in [5, 5.41) is 0.479. The summed E-state index contributed by atoms with van der Waals surface area (Å²) in [5.74, 6) is -0.993. The minimum atomic E-state index is -0.820. The Hall–Kier alpha value is -3.11. The minimum Gasteiger partial charge on any atom is -0.444 e. The van der Waals surface area contributed by atoms with E-state index in [-0.39, 0.29) is 6.54 Å². The van der Waals surface area contributed by atoms with Crippen molar-refractivity contribution < 1.29 is 28.2 Å². The van der Waals surface area contributed by atoms with Gasteiger partial charge in [-0.15, -0.1) is 0 Å². The molecule has 0 saturated carbocycles. The molecule has 0 saturated heterocycles. The number of amides is 3. The smallest absolute Gasteiger partial charge is 0.417 e. The van der Waals surface area contributed by atoms with Gasteiger partial charge in [-0.25, -0.2) is 18.9 Å². The number of benzene rings is 2. The molecule has 2 aromatic rings. The number of carbonyl (C=O) groups excluding carboxylic acids is 3. The van der Waals surface area contributed by atoms with E-state index in [0.717, 1.165) is 16.0 Å². The van der Waals surface area contributed by atoms with Crippen LogP contribution in [0.15, 0.2) is 42.5 Å². The van der Waals surface area contributed by atoms with Gasteiger partial charge in [-0.1, -0.05) is 57.0 Å². The Labute approximate surface area is 241 Å². The number of ether oxygens (including phenoxy) is 2. The first-order valence-corrected chi connectivity index (χ1v) is 14.4. The van der Waals surface area contributed by atoms with Crippen molar-refractivity contribution in [3.63, 3.8) is 0 Å². The van der Waals surface area contributed by atoms with Gasteiger partial charge in [-0.05, 0) is 63.4 Å². The monoisotopic (exact) mass is 575 g/mol. The van der Waals surface area contributed by atoms with Crippen molar-refractivity contribution in [1.82, 2.24) is 9.62 Å². The maximum absolute atomic E-state index is 15.2. The van der Waals surface area contributed by atoms with Gasteiger partial charge in [0, 0.05) is 36.5 Å². The van der Waals surface area contributed by atoms with Crippen LogP contribution in [0.25, 0.3) is 11.1 Å². The number of anilines is 1. The van der Waals surface area contributed by atoms with E-state index in [4.69, 9.17) is 9.47 Å². The van der Waals surface area contributed by atoms with Crippen molar-refractivity contribution in [2.45, 2.75) is 85.3 Å². The second kappa shape index (κ2) is 15.0. The topological polar surface area (TPSA) is 88.2 Å². The molecule has 0 heterocycles. The summed E-state index contributed by atoms with van der Waals surface area (Å²) in [6, 6.07) is 12.3. The number of nitrogens with zero attached hydrogens (tertiary/aromatic N) is 2. The first-order chi connectivity index (χ1) is 18.7. The molecule has 0 aliphatic rings. The molecule has 8 nitrogen and oxygen atoms in total. The molecule has 40 heavy (non-hydrogen) atoms. The standard InChI is InChI=1S/C30H42FN3O5S/c1-9-16-33(28(36)38-21(4)19-34(22(5)35)29(37)39-30(6,7)8)25-14-15-26(27(31)17-25)24-12-10-23(11-13-24)18-32-40-20(2)3/h10-15,17,20-21,32H,9,16,18-19H2,1-8H3. The van der Waals surface area contributed by atoms with Gasteiger partial charge in [-0.3, -0.25) is 14.4 Å². The minimum absolute atomic E-state index is 0.176. The van der Waals surface area contributed by atoms with Crippen LogP contribution in [0.3, 0.4) is 0 Å². The highest BCUT2D eigenvalue weighted by atomic mass is 32.2. The van der Waals surface area contributed by atoms with E-state index >= 15 is 4.39 Å². The number of rotatable bonds is 11. The van der Waals surface area contributed by atoms with Gasteiger partial charge in [0.2, 0.25) is 5.91 Å². The number of nitrogens with one attached hydrogen (secondary N) is 1. The normalized spacial score (nSPS) is 12.2. The van der Waals surface area contributed by atoms with E-state index in [1.54, 1.807) is 51.8 Å². The van der Waals surface area contributed by atoms with Gasteiger partial charge < -0.3 is 9.47 Å². The molecule has 220 valence electrons. The van der Waals surface area contributed by atoms with Crippen LogP contribution in [0, 0.1) is 5.82 Å². The molecule has 0 fully saturated rings. The summed E-state index contributed by atoms with van der Waals surface area (Å²) >= 11 is 1.66. The number of hydrogen-bond acceptors (Lipinski definition) is 7. The van der Waals surface area contributed by atoms with Crippen molar-refractivity contribution in [1.29, 1.82) is 0 Å². The van der Waals surface area contributed by atoms with E-state index < -0.39 is 35.6 Å². The Morgan fingerprint density at radius 1 is 1.02 bits per heavy atom. The molecule has 0 bridgehead atoms. The van der Waals surface area contributed by atoms with Crippen molar-refractivity contribution >= 4 is 35.7 Å². The molecule has 2 aromatic carbocycles. The molecule has 0 spiro atoms. The molecule has 1 unspecified atom stereocenters. The van der Waals surface area contributed by atoms with Crippen LogP contribution in [0.1, 0.15) is 67.4 Å². The first-order valence-electron chi connectivity index (χ1n) is 13.5. The van der Waals surface area contributed by atoms with Gasteiger partial charge in [0.25, 0.3) is 0 Å². The van der Waals surface area contributed by atoms with Crippen molar-refractivity contribution in [3.05, 3.63) is 53.8 Å². The lowest BCUT2D eigenvalue weighted by Gasteiger charge is -2.28. The molecule has 3 amide bonds. The molecule has 0 radical (unpaired) electrons. The lowest BCUT2D eigenvalue weighted by molar-refractivity contribution is -0.129. The Morgan fingerprint density at radius 3 is 2.20 bits per heavy atom. The van der Waals surface area contributed by atoms with E-state index in [0.29, 0.717) is 36.0 Å². The zero-order valence-corrected chi connectivity index (χ0v) is 25.6. The third kappa shape index (κ3) is 10.5. The summed E-state index contributed by atoms with van der Waals surface area (Å²) in [4.78, 5) is 39.8. The largest absolute Gasteiger partial charge is 0.444 e. The predicted molar refractivity (Wildman–Crippen MR) is 159 cm³/mol. The number of carbonyl (C=O) groups is 3. The Bertz CT molecular complexity index is 1150. The van der Waals surface area contributed by atoms with Crippen molar-refractivity contribution in [3.8, 4) is 11.1 Å². The highest BCUT2D eigenvalue weighted by Gasteiger charge is 2.28. The lowest BCUT2D eigenvalue weighted by atomic mass is 10.0. The number of halogens is 1. The second-order valence-corrected chi connectivity index (χ2v) is 12.3. The highest BCUT2D eigenvalue weighted by Crippen LogP contribution is 2.28. The number of imide groups is 1. The Morgan fingerprint density at radius 2 is 1.68 bits per heavy atom. The van der Waals surface area contributed by atoms with Crippen molar-refractivity contribution in [2.75, 3.05) is 18.0 Å². The van der Waals surface area contributed by atoms with Gasteiger partial charge in [0.1, 0.15) is 17.5 Å². The van der Waals surface area contributed by atoms with Crippen LogP contribution < -0.4 is 9.62 Å². The summed E-state index contributed by atoms with van der Waals surface area (Å²) in [5.41, 5.74) is 1.81. The zero-order valence-electron chi connectivity index (χ0n) is 24.7. The molecular formula is C30H42FN3O5S. The van der Waals surface area contributed by atoms with Crippen molar-refractivity contribution in [2.24, 2.45) is 0 Å². The summed E-state index contributed by atoms with van der Waals surface area (Å²) in [6.45, 7) is 14.8. The van der Waals surface area contributed by atoms with Crippen LogP contribution in [-0.4, -0.2) is 53.0 Å². The van der Waals surface area contributed by atoms with Crippen LogP contribution in [0.5, 0.6) is 0 Å². The Kier molecular flexibility index (Phi) is 12.4. The van der Waals surface area contributed by atoms with E-state index in [1.807, 2.05) is 31.2 Å². The van der Waals surface area contributed by atoms with E-state index in [1.165, 1.54) is 17.9 Å². The van der Waals surface area contributed by atoms with Crippen LogP contribution >= 0.6 is 11.9 Å². The molecule has 0 aliphatic heterocycles. The van der Waals surface area contributed by atoms with Gasteiger partial charge in [-0.2, -0.15) is 0 Å². The predicted octanol–water partition coefficient (Wildman–Crippen LogP) is 7.16. The average Bonchev–Trinajstić information content (AvgIpc) is 2.84. The fourth-order valence-corrected chi connectivity index (χ4v) is 4.31. The average molecular weight is 576 g/mol. The lowest BCUT2D eigenvalue weighted by Crippen LogP contribution is -2.45. The second-order valence-electron chi connectivity index (χ2n) is 10.8. The molecule has 0 aliphatic carbocycles. The molecular weight excluding hydrogens is 533 g/mol. The maximum Gasteiger partial charge on any atom is 0.417 e.